The smallest absolute Gasteiger partial charge is 0.307 e. The number of amides is 1. The molecule has 0 spiro atoms. The van der Waals surface area contributed by atoms with Crippen molar-refractivity contribution in [1.82, 2.24) is 4.90 Å². The maximum Gasteiger partial charge on any atom is 0.307 e. The van der Waals surface area contributed by atoms with Crippen molar-refractivity contribution in [2.45, 2.75) is 39.3 Å². The maximum absolute atomic E-state index is 12.5. The predicted octanol–water partition coefficient (Wildman–Crippen LogP) is 2.53. The van der Waals surface area contributed by atoms with Crippen molar-refractivity contribution in [1.29, 1.82) is 0 Å². The highest BCUT2D eigenvalue weighted by Gasteiger charge is 2.37. The van der Waals surface area contributed by atoms with Gasteiger partial charge in [0, 0.05) is 18.5 Å². The summed E-state index contributed by atoms with van der Waals surface area (Å²) in [6.07, 6.45) is 2.04. The first-order chi connectivity index (χ1) is 9.50. The standard InChI is InChI=1S/C16H21NO3/c1-11(12(2)16(19)20)15(18)17(14-8-9-14)10-13-6-4-3-5-7-13/h3-7,11-12,14H,8-10H2,1-2H3,(H,19,20). The largest absolute Gasteiger partial charge is 0.481 e. The minimum absolute atomic E-state index is 0.0498. The highest BCUT2D eigenvalue weighted by Crippen LogP contribution is 2.31. The molecule has 0 heterocycles. The summed E-state index contributed by atoms with van der Waals surface area (Å²) in [6.45, 7) is 3.88. The fourth-order valence-electron chi connectivity index (χ4n) is 2.24. The summed E-state index contributed by atoms with van der Waals surface area (Å²) in [6, 6.07) is 10.1. The van der Waals surface area contributed by atoms with Crippen LogP contribution in [-0.2, 0) is 16.1 Å². The zero-order chi connectivity index (χ0) is 14.7. The molecule has 1 aliphatic rings. The average Bonchev–Trinajstić information content (AvgIpc) is 3.28. The fourth-order valence-corrected chi connectivity index (χ4v) is 2.24. The van der Waals surface area contributed by atoms with Gasteiger partial charge in [0.25, 0.3) is 0 Å². The van der Waals surface area contributed by atoms with Crippen LogP contribution >= 0.6 is 0 Å². The molecule has 1 aromatic rings. The minimum atomic E-state index is -0.915. The van der Waals surface area contributed by atoms with Crippen LogP contribution in [0.25, 0.3) is 0 Å². The zero-order valence-corrected chi connectivity index (χ0v) is 12.0. The Hall–Kier alpha value is -1.84. The second-order valence-corrected chi connectivity index (χ2v) is 5.60. The average molecular weight is 275 g/mol. The van der Waals surface area contributed by atoms with Crippen LogP contribution in [0.5, 0.6) is 0 Å². The molecule has 1 fully saturated rings. The fraction of sp³-hybridized carbons (Fsp3) is 0.500. The summed E-state index contributed by atoms with van der Waals surface area (Å²) in [4.78, 5) is 25.4. The van der Waals surface area contributed by atoms with E-state index in [0.717, 1.165) is 18.4 Å². The molecule has 4 heteroatoms. The normalized spacial score (nSPS) is 17.3. The molecule has 4 nitrogen and oxygen atoms in total. The SMILES string of the molecule is CC(C(=O)O)C(C)C(=O)N(Cc1ccccc1)C1CC1. The van der Waals surface area contributed by atoms with Gasteiger partial charge in [-0.25, -0.2) is 0 Å². The number of rotatable bonds is 6. The Balaban J connectivity index is 2.09. The first-order valence-corrected chi connectivity index (χ1v) is 7.08. The van der Waals surface area contributed by atoms with Crippen molar-refractivity contribution in [2.75, 3.05) is 0 Å². The topological polar surface area (TPSA) is 57.6 Å². The van der Waals surface area contributed by atoms with Crippen LogP contribution in [0.4, 0.5) is 0 Å². The van der Waals surface area contributed by atoms with Gasteiger partial charge >= 0.3 is 5.97 Å². The third kappa shape index (κ3) is 3.38. The molecule has 0 aliphatic heterocycles. The lowest BCUT2D eigenvalue weighted by molar-refractivity contribution is -0.149. The van der Waals surface area contributed by atoms with Gasteiger partial charge in [-0.05, 0) is 18.4 Å². The Morgan fingerprint density at radius 1 is 1.20 bits per heavy atom. The number of carbonyl (C=O) groups is 2. The van der Waals surface area contributed by atoms with Gasteiger partial charge in [0.1, 0.15) is 0 Å². The molecule has 1 amide bonds. The quantitative estimate of drug-likeness (QED) is 0.868. The first-order valence-electron chi connectivity index (χ1n) is 7.08. The predicted molar refractivity (Wildman–Crippen MR) is 76.0 cm³/mol. The van der Waals surface area contributed by atoms with Crippen molar-refractivity contribution in [3.63, 3.8) is 0 Å². The molecule has 1 aromatic carbocycles. The molecule has 1 aliphatic carbocycles. The van der Waals surface area contributed by atoms with Crippen LogP contribution in [0.3, 0.4) is 0 Å². The summed E-state index contributed by atoms with van der Waals surface area (Å²) in [7, 11) is 0. The summed E-state index contributed by atoms with van der Waals surface area (Å²) in [5, 5.41) is 9.06. The Bertz CT molecular complexity index is 482. The molecule has 108 valence electrons. The van der Waals surface area contributed by atoms with Gasteiger partial charge in [0.2, 0.25) is 5.91 Å². The van der Waals surface area contributed by atoms with E-state index in [9.17, 15) is 9.59 Å². The second kappa shape index (κ2) is 6.07. The van der Waals surface area contributed by atoms with E-state index in [4.69, 9.17) is 5.11 Å². The molecule has 1 saturated carbocycles. The number of carboxylic acids is 1. The summed E-state index contributed by atoms with van der Waals surface area (Å²) in [5.41, 5.74) is 1.09. The molecule has 1 N–H and O–H groups in total. The minimum Gasteiger partial charge on any atom is -0.481 e. The third-order valence-corrected chi connectivity index (χ3v) is 4.00. The molecule has 0 radical (unpaired) electrons. The number of nitrogens with zero attached hydrogens (tertiary/aromatic N) is 1. The number of hydrogen-bond acceptors (Lipinski definition) is 2. The highest BCUT2D eigenvalue weighted by molar-refractivity contribution is 5.84. The molecule has 0 aromatic heterocycles. The number of benzene rings is 1. The van der Waals surface area contributed by atoms with Crippen LogP contribution in [-0.4, -0.2) is 27.9 Å². The summed E-state index contributed by atoms with van der Waals surface area (Å²) in [5.74, 6) is -2.11. The Morgan fingerprint density at radius 3 is 2.30 bits per heavy atom. The number of aliphatic carboxylic acids is 1. The van der Waals surface area contributed by atoms with Crippen LogP contribution in [0.15, 0.2) is 30.3 Å². The van der Waals surface area contributed by atoms with Gasteiger partial charge in [-0.1, -0.05) is 44.2 Å². The summed E-state index contributed by atoms with van der Waals surface area (Å²) >= 11 is 0. The first kappa shape index (κ1) is 14.6. The van der Waals surface area contributed by atoms with Crippen LogP contribution < -0.4 is 0 Å². The van der Waals surface area contributed by atoms with Crippen molar-refractivity contribution in [2.24, 2.45) is 11.8 Å². The molecule has 2 rings (SSSR count). The second-order valence-electron chi connectivity index (χ2n) is 5.60. The molecule has 2 atom stereocenters. The van der Waals surface area contributed by atoms with Crippen molar-refractivity contribution in [3.8, 4) is 0 Å². The van der Waals surface area contributed by atoms with Gasteiger partial charge in [-0.15, -0.1) is 0 Å². The van der Waals surface area contributed by atoms with Crippen LogP contribution in [0.2, 0.25) is 0 Å². The van der Waals surface area contributed by atoms with Crippen molar-refractivity contribution in [3.05, 3.63) is 35.9 Å². The van der Waals surface area contributed by atoms with E-state index in [0.29, 0.717) is 6.54 Å². The van der Waals surface area contributed by atoms with E-state index < -0.39 is 17.8 Å². The highest BCUT2D eigenvalue weighted by atomic mass is 16.4. The van der Waals surface area contributed by atoms with E-state index in [1.54, 1.807) is 13.8 Å². The van der Waals surface area contributed by atoms with E-state index in [1.807, 2.05) is 35.2 Å². The van der Waals surface area contributed by atoms with Gasteiger partial charge in [0.15, 0.2) is 0 Å². The number of carbonyl (C=O) groups excluding carboxylic acids is 1. The lowest BCUT2D eigenvalue weighted by Gasteiger charge is -2.27. The van der Waals surface area contributed by atoms with Crippen LogP contribution in [0.1, 0.15) is 32.3 Å². The number of hydrogen-bond donors (Lipinski definition) is 1. The molecule has 2 unspecified atom stereocenters. The van der Waals surface area contributed by atoms with Gasteiger partial charge < -0.3 is 10.0 Å². The van der Waals surface area contributed by atoms with E-state index >= 15 is 0 Å². The third-order valence-electron chi connectivity index (χ3n) is 4.00. The lowest BCUT2D eigenvalue weighted by atomic mass is 9.94. The maximum atomic E-state index is 12.5. The van der Waals surface area contributed by atoms with Crippen molar-refractivity contribution < 1.29 is 14.7 Å². The Labute approximate surface area is 119 Å². The van der Waals surface area contributed by atoms with E-state index in [-0.39, 0.29) is 11.9 Å². The molecule has 0 saturated heterocycles. The van der Waals surface area contributed by atoms with Gasteiger partial charge in [-0.3, -0.25) is 9.59 Å². The zero-order valence-electron chi connectivity index (χ0n) is 12.0. The van der Waals surface area contributed by atoms with E-state index in [1.165, 1.54) is 0 Å². The lowest BCUT2D eigenvalue weighted by Crippen LogP contribution is -2.40. The summed E-state index contributed by atoms with van der Waals surface area (Å²) < 4.78 is 0. The van der Waals surface area contributed by atoms with E-state index in [2.05, 4.69) is 0 Å². The van der Waals surface area contributed by atoms with Crippen LogP contribution in [0, 0.1) is 11.8 Å². The van der Waals surface area contributed by atoms with Crippen molar-refractivity contribution >= 4 is 11.9 Å². The molecular formula is C16H21NO3. The molecular weight excluding hydrogens is 254 g/mol. The van der Waals surface area contributed by atoms with Gasteiger partial charge in [0.05, 0.1) is 5.92 Å². The Morgan fingerprint density at radius 2 is 1.80 bits per heavy atom. The Kier molecular flexibility index (Phi) is 4.42. The number of carboxylic acid groups (broad SMARTS) is 1. The molecule has 0 bridgehead atoms. The monoisotopic (exact) mass is 275 g/mol. The molecule has 20 heavy (non-hydrogen) atoms. The van der Waals surface area contributed by atoms with Gasteiger partial charge in [-0.2, -0.15) is 0 Å².